The first-order chi connectivity index (χ1) is 9.11. The molecule has 1 saturated heterocycles. The third-order valence-electron chi connectivity index (χ3n) is 3.63. The zero-order valence-corrected chi connectivity index (χ0v) is 12.2. The molecule has 1 unspecified atom stereocenters. The molecule has 0 aliphatic carbocycles. The highest BCUT2D eigenvalue weighted by molar-refractivity contribution is 6.33. The van der Waals surface area contributed by atoms with E-state index in [-0.39, 0.29) is 5.91 Å². The van der Waals surface area contributed by atoms with Crippen molar-refractivity contribution < 1.29 is 4.79 Å². The van der Waals surface area contributed by atoms with Gasteiger partial charge in [-0.05, 0) is 31.2 Å². The maximum absolute atomic E-state index is 12.4. The number of pyridine rings is 1. The fourth-order valence-electron chi connectivity index (χ4n) is 2.39. The van der Waals surface area contributed by atoms with Crippen molar-refractivity contribution >= 4 is 23.3 Å². The molecular formula is C14H20ClN3O. The number of rotatable bonds is 2. The van der Waals surface area contributed by atoms with Crippen LogP contribution in [0.15, 0.2) is 12.3 Å². The number of nitrogens with zero attached hydrogens (tertiary/aromatic N) is 2. The predicted octanol–water partition coefficient (Wildman–Crippen LogP) is 3.04. The summed E-state index contributed by atoms with van der Waals surface area (Å²) in [5.74, 6) is 1.33. The highest BCUT2D eigenvalue weighted by Gasteiger charge is 2.20. The van der Waals surface area contributed by atoms with Crippen LogP contribution in [0.25, 0.3) is 0 Å². The third-order valence-corrected chi connectivity index (χ3v) is 3.92. The van der Waals surface area contributed by atoms with Gasteiger partial charge in [-0.25, -0.2) is 4.98 Å². The largest absolute Gasteiger partial charge is 0.372 e. The SMILES string of the molecule is CNc1ncc(C(=O)N2CCCC(C)CC2)cc1Cl. The lowest BCUT2D eigenvalue weighted by atomic mass is 10.0. The van der Waals surface area contributed by atoms with Gasteiger partial charge < -0.3 is 10.2 Å². The third kappa shape index (κ3) is 3.38. The number of hydrogen-bond donors (Lipinski definition) is 1. The Labute approximate surface area is 119 Å². The second-order valence-corrected chi connectivity index (χ2v) is 5.54. The molecular weight excluding hydrogens is 262 g/mol. The van der Waals surface area contributed by atoms with Gasteiger partial charge in [0.25, 0.3) is 5.91 Å². The fraction of sp³-hybridized carbons (Fsp3) is 0.571. The van der Waals surface area contributed by atoms with Gasteiger partial charge in [-0.3, -0.25) is 4.79 Å². The Balaban J connectivity index is 2.12. The van der Waals surface area contributed by atoms with Crippen LogP contribution in [0.5, 0.6) is 0 Å². The van der Waals surface area contributed by atoms with Crippen molar-refractivity contribution in [2.24, 2.45) is 5.92 Å². The number of hydrogen-bond acceptors (Lipinski definition) is 3. The summed E-state index contributed by atoms with van der Waals surface area (Å²) in [5, 5.41) is 3.37. The molecule has 0 aromatic carbocycles. The molecule has 104 valence electrons. The van der Waals surface area contributed by atoms with Crippen LogP contribution in [-0.4, -0.2) is 35.9 Å². The molecule has 1 atom stereocenters. The summed E-state index contributed by atoms with van der Waals surface area (Å²) in [7, 11) is 1.76. The number of nitrogens with one attached hydrogen (secondary N) is 1. The van der Waals surface area contributed by atoms with Gasteiger partial charge in [0.15, 0.2) is 0 Å². The summed E-state index contributed by atoms with van der Waals surface area (Å²) in [5.41, 5.74) is 0.568. The standard InChI is InChI=1S/C14H20ClN3O/c1-10-4-3-6-18(7-5-10)14(19)11-8-12(15)13(16-2)17-9-11/h8-10H,3-7H2,1-2H3,(H,16,17). The highest BCUT2D eigenvalue weighted by atomic mass is 35.5. The number of likely N-dealkylation sites (tertiary alicyclic amines) is 1. The van der Waals surface area contributed by atoms with Crippen LogP contribution < -0.4 is 5.32 Å². The van der Waals surface area contributed by atoms with Crippen molar-refractivity contribution in [2.75, 3.05) is 25.5 Å². The molecule has 1 amide bonds. The molecule has 19 heavy (non-hydrogen) atoms. The number of carbonyl (C=O) groups excluding carboxylic acids is 1. The van der Waals surface area contributed by atoms with E-state index < -0.39 is 0 Å². The minimum atomic E-state index is 0.0335. The molecule has 0 saturated carbocycles. The minimum absolute atomic E-state index is 0.0335. The van der Waals surface area contributed by atoms with Crippen LogP contribution in [0, 0.1) is 5.92 Å². The van der Waals surface area contributed by atoms with Gasteiger partial charge in [0.05, 0.1) is 10.6 Å². The lowest BCUT2D eigenvalue weighted by Crippen LogP contribution is -2.32. The van der Waals surface area contributed by atoms with E-state index in [1.807, 2.05) is 4.90 Å². The van der Waals surface area contributed by atoms with Crippen molar-refractivity contribution in [3.8, 4) is 0 Å². The van der Waals surface area contributed by atoms with Gasteiger partial charge >= 0.3 is 0 Å². The molecule has 1 fully saturated rings. The maximum Gasteiger partial charge on any atom is 0.255 e. The fourth-order valence-corrected chi connectivity index (χ4v) is 2.65. The molecule has 1 aliphatic heterocycles. The number of aromatic nitrogens is 1. The summed E-state index contributed by atoms with van der Waals surface area (Å²) >= 11 is 6.07. The van der Waals surface area contributed by atoms with Gasteiger partial charge in [-0.15, -0.1) is 0 Å². The van der Waals surface area contributed by atoms with E-state index in [9.17, 15) is 4.79 Å². The number of amides is 1. The second-order valence-electron chi connectivity index (χ2n) is 5.13. The minimum Gasteiger partial charge on any atom is -0.372 e. The quantitative estimate of drug-likeness (QED) is 0.906. The zero-order valence-electron chi connectivity index (χ0n) is 11.4. The van der Waals surface area contributed by atoms with Crippen molar-refractivity contribution in [1.29, 1.82) is 0 Å². The first-order valence-electron chi connectivity index (χ1n) is 6.74. The van der Waals surface area contributed by atoms with Crippen LogP contribution in [0.4, 0.5) is 5.82 Å². The Morgan fingerprint density at radius 3 is 2.95 bits per heavy atom. The highest BCUT2D eigenvalue weighted by Crippen LogP contribution is 2.22. The summed E-state index contributed by atoms with van der Waals surface area (Å²) in [6.07, 6.45) is 4.93. The predicted molar refractivity (Wildman–Crippen MR) is 77.7 cm³/mol. The molecule has 1 aliphatic rings. The topological polar surface area (TPSA) is 45.2 Å². The van der Waals surface area contributed by atoms with Crippen LogP contribution in [-0.2, 0) is 0 Å². The van der Waals surface area contributed by atoms with Gasteiger partial charge in [0.1, 0.15) is 5.82 Å². The Morgan fingerprint density at radius 1 is 1.47 bits per heavy atom. The monoisotopic (exact) mass is 281 g/mol. The summed E-state index contributed by atoms with van der Waals surface area (Å²) < 4.78 is 0. The van der Waals surface area contributed by atoms with Crippen LogP contribution >= 0.6 is 11.6 Å². The van der Waals surface area contributed by atoms with Gasteiger partial charge in [0, 0.05) is 26.3 Å². The Hall–Kier alpha value is -1.29. The van der Waals surface area contributed by atoms with Gasteiger partial charge in [-0.1, -0.05) is 18.5 Å². The number of anilines is 1. The normalized spacial score (nSPS) is 19.9. The van der Waals surface area contributed by atoms with E-state index in [0.717, 1.165) is 25.9 Å². The Kier molecular flexibility index (Phi) is 4.64. The first-order valence-corrected chi connectivity index (χ1v) is 7.12. The van der Waals surface area contributed by atoms with E-state index >= 15 is 0 Å². The van der Waals surface area contributed by atoms with Crippen molar-refractivity contribution in [3.63, 3.8) is 0 Å². The molecule has 0 spiro atoms. The van der Waals surface area contributed by atoms with E-state index in [4.69, 9.17) is 11.6 Å². The van der Waals surface area contributed by atoms with Crippen LogP contribution in [0.2, 0.25) is 5.02 Å². The molecule has 0 bridgehead atoms. The summed E-state index contributed by atoms with van der Waals surface area (Å²) in [6.45, 7) is 3.90. The smallest absolute Gasteiger partial charge is 0.255 e. The van der Waals surface area contributed by atoms with Crippen LogP contribution in [0.3, 0.4) is 0 Å². The molecule has 2 heterocycles. The average molecular weight is 282 g/mol. The van der Waals surface area contributed by atoms with E-state index in [0.29, 0.717) is 22.3 Å². The van der Waals surface area contributed by atoms with Crippen molar-refractivity contribution in [1.82, 2.24) is 9.88 Å². The second kappa shape index (κ2) is 6.24. The van der Waals surface area contributed by atoms with Crippen LogP contribution in [0.1, 0.15) is 36.5 Å². The Morgan fingerprint density at radius 2 is 2.26 bits per heavy atom. The lowest BCUT2D eigenvalue weighted by Gasteiger charge is -2.20. The maximum atomic E-state index is 12.4. The molecule has 4 nitrogen and oxygen atoms in total. The first kappa shape index (κ1) is 14.1. The Bertz CT molecular complexity index is 464. The summed E-state index contributed by atoms with van der Waals surface area (Å²) in [6, 6.07) is 1.69. The summed E-state index contributed by atoms with van der Waals surface area (Å²) in [4.78, 5) is 18.5. The molecule has 1 aromatic rings. The van der Waals surface area contributed by atoms with Crippen molar-refractivity contribution in [3.05, 3.63) is 22.8 Å². The number of halogens is 1. The molecule has 1 N–H and O–H groups in total. The van der Waals surface area contributed by atoms with Gasteiger partial charge in [0.2, 0.25) is 0 Å². The van der Waals surface area contributed by atoms with Gasteiger partial charge in [-0.2, -0.15) is 0 Å². The van der Waals surface area contributed by atoms with E-state index in [1.54, 1.807) is 19.3 Å². The molecule has 0 radical (unpaired) electrons. The van der Waals surface area contributed by atoms with E-state index in [1.165, 1.54) is 6.42 Å². The van der Waals surface area contributed by atoms with Crippen molar-refractivity contribution in [2.45, 2.75) is 26.2 Å². The average Bonchev–Trinajstić information content (AvgIpc) is 2.62. The van der Waals surface area contributed by atoms with E-state index in [2.05, 4.69) is 17.2 Å². The molecule has 5 heteroatoms. The number of carbonyl (C=O) groups is 1. The zero-order chi connectivity index (χ0) is 13.8. The lowest BCUT2D eigenvalue weighted by molar-refractivity contribution is 0.0760. The molecule has 1 aromatic heterocycles. The molecule has 2 rings (SSSR count).